The van der Waals surface area contributed by atoms with Crippen LogP contribution in [0.1, 0.15) is 31.2 Å². The highest BCUT2D eigenvalue weighted by Crippen LogP contribution is 2.29. The molecule has 0 aromatic heterocycles. The molecule has 0 unspecified atom stereocenters. The SMILES string of the molecule is Cc1ccccc1S(=O)(=O)N(CC(N)=S)C1CCCC1. The molecule has 0 bridgehead atoms. The largest absolute Gasteiger partial charge is 0.392 e. The van der Waals surface area contributed by atoms with Crippen LogP contribution in [0.2, 0.25) is 0 Å². The van der Waals surface area contributed by atoms with Gasteiger partial charge < -0.3 is 5.73 Å². The highest BCUT2D eigenvalue weighted by Gasteiger charge is 2.34. The molecule has 6 heteroatoms. The lowest BCUT2D eigenvalue weighted by molar-refractivity contribution is 0.355. The van der Waals surface area contributed by atoms with Crippen molar-refractivity contribution in [3.63, 3.8) is 0 Å². The molecule has 1 aromatic rings. The molecule has 0 amide bonds. The lowest BCUT2D eigenvalue weighted by Crippen LogP contribution is -2.43. The minimum Gasteiger partial charge on any atom is -0.392 e. The molecule has 0 heterocycles. The number of thiocarbonyl (C=S) groups is 1. The molecule has 2 rings (SSSR count). The summed E-state index contributed by atoms with van der Waals surface area (Å²) in [5.41, 5.74) is 6.35. The van der Waals surface area contributed by atoms with Gasteiger partial charge in [0.25, 0.3) is 0 Å². The van der Waals surface area contributed by atoms with Crippen LogP contribution in [0.15, 0.2) is 29.2 Å². The van der Waals surface area contributed by atoms with Crippen molar-refractivity contribution in [3.05, 3.63) is 29.8 Å². The van der Waals surface area contributed by atoms with Crippen LogP contribution in [0.3, 0.4) is 0 Å². The van der Waals surface area contributed by atoms with Gasteiger partial charge in [-0.1, -0.05) is 43.3 Å². The Hall–Kier alpha value is -0.980. The van der Waals surface area contributed by atoms with E-state index in [1.54, 1.807) is 25.1 Å². The van der Waals surface area contributed by atoms with Crippen LogP contribution >= 0.6 is 12.2 Å². The zero-order chi connectivity index (χ0) is 14.8. The second-order valence-electron chi connectivity index (χ2n) is 5.22. The van der Waals surface area contributed by atoms with Crippen LogP contribution in [-0.2, 0) is 10.0 Å². The zero-order valence-electron chi connectivity index (χ0n) is 11.6. The third-order valence-corrected chi connectivity index (χ3v) is 5.91. The summed E-state index contributed by atoms with van der Waals surface area (Å²) in [5, 5.41) is 0. The van der Waals surface area contributed by atoms with Gasteiger partial charge in [0.05, 0.1) is 16.4 Å². The Bertz CT molecular complexity index is 593. The number of hydrogen-bond acceptors (Lipinski definition) is 3. The van der Waals surface area contributed by atoms with E-state index in [-0.39, 0.29) is 17.6 Å². The number of nitrogens with zero attached hydrogens (tertiary/aromatic N) is 1. The molecule has 1 aliphatic rings. The topological polar surface area (TPSA) is 63.4 Å². The first kappa shape index (κ1) is 15.4. The molecular weight excluding hydrogens is 292 g/mol. The van der Waals surface area contributed by atoms with Crippen molar-refractivity contribution in [1.29, 1.82) is 0 Å². The number of hydrogen-bond donors (Lipinski definition) is 1. The van der Waals surface area contributed by atoms with Gasteiger partial charge in [-0.3, -0.25) is 0 Å². The molecule has 1 fully saturated rings. The third kappa shape index (κ3) is 3.19. The van der Waals surface area contributed by atoms with Crippen molar-refractivity contribution in [3.8, 4) is 0 Å². The fraction of sp³-hybridized carbons (Fsp3) is 0.500. The summed E-state index contributed by atoms with van der Waals surface area (Å²) in [6, 6.07) is 7.04. The van der Waals surface area contributed by atoms with Crippen LogP contribution in [0.4, 0.5) is 0 Å². The fourth-order valence-electron chi connectivity index (χ4n) is 2.73. The van der Waals surface area contributed by atoms with Crippen LogP contribution < -0.4 is 5.73 Å². The molecule has 20 heavy (non-hydrogen) atoms. The Morgan fingerprint density at radius 3 is 2.50 bits per heavy atom. The maximum atomic E-state index is 12.9. The normalized spacial score (nSPS) is 16.7. The highest BCUT2D eigenvalue weighted by atomic mass is 32.2. The van der Waals surface area contributed by atoms with E-state index in [4.69, 9.17) is 18.0 Å². The molecule has 0 saturated heterocycles. The van der Waals surface area contributed by atoms with Gasteiger partial charge in [-0.25, -0.2) is 8.42 Å². The van der Waals surface area contributed by atoms with Gasteiger partial charge in [0.2, 0.25) is 10.0 Å². The zero-order valence-corrected chi connectivity index (χ0v) is 13.2. The second kappa shape index (κ2) is 6.20. The fourth-order valence-corrected chi connectivity index (χ4v) is 4.84. The van der Waals surface area contributed by atoms with E-state index in [2.05, 4.69) is 0 Å². The van der Waals surface area contributed by atoms with E-state index >= 15 is 0 Å². The molecule has 2 N–H and O–H groups in total. The lowest BCUT2D eigenvalue weighted by Gasteiger charge is -2.28. The number of nitrogens with two attached hydrogens (primary N) is 1. The van der Waals surface area contributed by atoms with Gasteiger partial charge in [0, 0.05) is 6.04 Å². The smallest absolute Gasteiger partial charge is 0.243 e. The monoisotopic (exact) mass is 312 g/mol. The molecular formula is C14H20N2O2S2. The summed E-state index contributed by atoms with van der Waals surface area (Å²) < 4.78 is 27.3. The first-order chi connectivity index (χ1) is 9.43. The maximum absolute atomic E-state index is 12.9. The van der Waals surface area contributed by atoms with E-state index in [1.165, 1.54) is 4.31 Å². The van der Waals surface area contributed by atoms with Gasteiger partial charge in [-0.2, -0.15) is 4.31 Å². The quantitative estimate of drug-likeness (QED) is 0.847. The van der Waals surface area contributed by atoms with Crippen molar-refractivity contribution in [1.82, 2.24) is 4.31 Å². The average molecular weight is 312 g/mol. The number of benzene rings is 1. The first-order valence-corrected chi connectivity index (χ1v) is 8.63. The molecule has 1 aromatic carbocycles. The summed E-state index contributed by atoms with van der Waals surface area (Å²) in [6.07, 6.45) is 3.88. The summed E-state index contributed by atoms with van der Waals surface area (Å²) in [6.45, 7) is 1.93. The Balaban J connectivity index is 2.41. The van der Waals surface area contributed by atoms with E-state index in [0.717, 1.165) is 31.2 Å². The standard InChI is InChI=1S/C14H20N2O2S2/c1-11-6-2-5-9-13(11)20(17,18)16(10-14(15)19)12-7-3-4-8-12/h2,5-6,9,12H,3-4,7-8,10H2,1H3,(H2,15,19). The Morgan fingerprint density at radius 1 is 1.35 bits per heavy atom. The predicted octanol–water partition coefficient (Wildman–Crippen LogP) is 2.21. The molecule has 0 spiro atoms. The summed E-state index contributed by atoms with van der Waals surface area (Å²) >= 11 is 4.93. The molecule has 110 valence electrons. The van der Waals surface area contributed by atoms with Crippen molar-refractivity contribution in [2.75, 3.05) is 6.54 Å². The van der Waals surface area contributed by atoms with Crippen molar-refractivity contribution in [2.24, 2.45) is 5.73 Å². The van der Waals surface area contributed by atoms with E-state index in [0.29, 0.717) is 4.90 Å². The van der Waals surface area contributed by atoms with Gasteiger partial charge in [-0.15, -0.1) is 0 Å². The third-order valence-electron chi connectivity index (χ3n) is 3.72. The van der Waals surface area contributed by atoms with Crippen LogP contribution in [-0.4, -0.2) is 30.3 Å². The lowest BCUT2D eigenvalue weighted by atomic mass is 10.2. The Kier molecular flexibility index (Phi) is 4.78. The van der Waals surface area contributed by atoms with Gasteiger partial charge in [-0.05, 0) is 31.4 Å². The maximum Gasteiger partial charge on any atom is 0.243 e. The molecule has 0 radical (unpaired) electrons. The van der Waals surface area contributed by atoms with Gasteiger partial charge in [0.15, 0.2) is 0 Å². The number of aryl methyl sites for hydroxylation is 1. The molecule has 1 aliphatic carbocycles. The summed E-state index contributed by atoms with van der Waals surface area (Å²) in [7, 11) is -3.54. The van der Waals surface area contributed by atoms with E-state index in [9.17, 15) is 8.42 Å². The van der Waals surface area contributed by atoms with Gasteiger partial charge >= 0.3 is 0 Å². The second-order valence-corrected chi connectivity index (χ2v) is 7.60. The van der Waals surface area contributed by atoms with E-state index < -0.39 is 10.0 Å². The van der Waals surface area contributed by atoms with Gasteiger partial charge in [0.1, 0.15) is 0 Å². The minimum atomic E-state index is -3.54. The summed E-state index contributed by atoms with van der Waals surface area (Å²) in [5.74, 6) is 0. The molecule has 4 nitrogen and oxygen atoms in total. The molecule has 1 saturated carbocycles. The van der Waals surface area contributed by atoms with E-state index in [1.807, 2.05) is 6.07 Å². The van der Waals surface area contributed by atoms with Crippen molar-refractivity contribution < 1.29 is 8.42 Å². The predicted molar refractivity (Wildman–Crippen MR) is 84.1 cm³/mol. The van der Waals surface area contributed by atoms with Crippen LogP contribution in [0, 0.1) is 6.92 Å². The van der Waals surface area contributed by atoms with Crippen molar-refractivity contribution >= 4 is 27.2 Å². The minimum absolute atomic E-state index is 0.0149. The number of rotatable bonds is 5. The van der Waals surface area contributed by atoms with Crippen molar-refractivity contribution in [2.45, 2.75) is 43.5 Å². The average Bonchev–Trinajstić information content (AvgIpc) is 2.89. The Morgan fingerprint density at radius 2 is 1.95 bits per heavy atom. The van der Waals surface area contributed by atoms with Crippen LogP contribution in [0.25, 0.3) is 0 Å². The summed E-state index contributed by atoms with van der Waals surface area (Å²) in [4.78, 5) is 0.567. The number of sulfonamides is 1. The van der Waals surface area contributed by atoms with Crippen LogP contribution in [0.5, 0.6) is 0 Å². The Labute approximate surface area is 126 Å². The molecule has 0 aliphatic heterocycles. The molecule has 0 atom stereocenters. The highest BCUT2D eigenvalue weighted by molar-refractivity contribution is 7.89. The first-order valence-electron chi connectivity index (χ1n) is 6.78.